The van der Waals surface area contributed by atoms with Crippen LogP contribution in [0.15, 0.2) is 4.99 Å². The van der Waals surface area contributed by atoms with Gasteiger partial charge in [0.25, 0.3) is 0 Å². The highest BCUT2D eigenvalue weighted by atomic mass is 127. The summed E-state index contributed by atoms with van der Waals surface area (Å²) in [6.45, 7) is 15.7. The smallest absolute Gasteiger partial charge is 0.219 e. The number of nitrogens with one attached hydrogen (secondary N) is 1. The summed E-state index contributed by atoms with van der Waals surface area (Å²) >= 11 is 0. The SMILES string of the molecule is CCNC(=NCC1CCN(C(C)=O)CC1)N1CCC(OC(C)(C)C)CC1.I. The van der Waals surface area contributed by atoms with Gasteiger partial charge in [-0.25, -0.2) is 0 Å². The summed E-state index contributed by atoms with van der Waals surface area (Å²) in [5.74, 6) is 1.82. The molecule has 158 valence electrons. The van der Waals surface area contributed by atoms with E-state index in [0.717, 1.165) is 70.9 Å². The van der Waals surface area contributed by atoms with E-state index in [2.05, 4.69) is 37.9 Å². The summed E-state index contributed by atoms with van der Waals surface area (Å²) in [6.07, 6.45) is 4.58. The van der Waals surface area contributed by atoms with Crippen LogP contribution in [0.4, 0.5) is 0 Å². The van der Waals surface area contributed by atoms with E-state index in [1.54, 1.807) is 6.92 Å². The fourth-order valence-electron chi connectivity index (χ4n) is 3.76. The van der Waals surface area contributed by atoms with Gasteiger partial charge in [-0.2, -0.15) is 0 Å². The van der Waals surface area contributed by atoms with Gasteiger partial charge in [-0.1, -0.05) is 0 Å². The molecule has 2 saturated heterocycles. The molecule has 2 heterocycles. The maximum absolute atomic E-state index is 11.4. The number of likely N-dealkylation sites (tertiary alicyclic amines) is 2. The molecule has 0 aromatic rings. The van der Waals surface area contributed by atoms with E-state index in [1.807, 2.05) is 4.90 Å². The van der Waals surface area contributed by atoms with Crippen molar-refractivity contribution in [3.05, 3.63) is 0 Å². The maximum atomic E-state index is 11.4. The van der Waals surface area contributed by atoms with Crippen LogP contribution in [0.2, 0.25) is 0 Å². The zero-order valence-corrected chi connectivity index (χ0v) is 20.1. The normalized spacial score (nSPS) is 20.4. The fourth-order valence-corrected chi connectivity index (χ4v) is 3.76. The monoisotopic (exact) mass is 494 g/mol. The molecular formula is C20H39IN4O2. The predicted molar refractivity (Wildman–Crippen MR) is 122 cm³/mol. The Labute approximate surface area is 182 Å². The number of guanidine groups is 1. The molecule has 1 N–H and O–H groups in total. The van der Waals surface area contributed by atoms with Gasteiger partial charge in [-0.15, -0.1) is 24.0 Å². The van der Waals surface area contributed by atoms with Crippen LogP contribution in [0, 0.1) is 5.92 Å². The van der Waals surface area contributed by atoms with Crippen molar-refractivity contribution in [1.82, 2.24) is 15.1 Å². The highest BCUT2D eigenvalue weighted by molar-refractivity contribution is 14.0. The molecule has 0 bridgehead atoms. The summed E-state index contributed by atoms with van der Waals surface area (Å²) < 4.78 is 6.13. The Morgan fingerprint density at radius 2 is 1.63 bits per heavy atom. The Balaban J connectivity index is 0.00000364. The molecule has 2 fully saturated rings. The zero-order chi connectivity index (χ0) is 19.2. The summed E-state index contributed by atoms with van der Waals surface area (Å²) in [4.78, 5) is 20.7. The number of amides is 1. The number of hydrogen-bond donors (Lipinski definition) is 1. The van der Waals surface area contributed by atoms with Crippen molar-refractivity contribution in [2.75, 3.05) is 39.3 Å². The second kappa shape index (κ2) is 11.4. The first-order valence-corrected chi connectivity index (χ1v) is 10.2. The lowest BCUT2D eigenvalue weighted by molar-refractivity contribution is -0.130. The van der Waals surface area contributed by atoms with Gasteiger partial charge in [-0.05, 0) is 59.3 Å². The standard InChI is InChI=1S/C20H38N4O2.HI/c1-6-21-19(22-15-17-7-11-23(12-8-17)16(2)25)24-13-9-18(10-14-24)26-20(3,4)5;/h17-18H,6-15H2,1-5H3,(H,21,22);1H. The van der Waals surface area contributed by atoms with Gasteiger partial charge in [0, 0.05) is 46.2 Å². The van der Waals surface area contributed by atoms with Crippen LogP contribution in [-0.4, -0.2) is 72.6 Å². The van der Waals surface area contributed by atoms with E-state index in [9.17, 15) is 4.79 Å². The largest absolute Gasteiger partial charge is 0.372 e. The number of piperidine rings is 2. The van der Waals surface area contributed by atoms with E-state index in [4.69, 9.17) is 9.73 Å². The third-order valence-corrected chi connectivity index (χ3v) is 5.16. The lowest BCUT2D eigenvalue weighted by Gasteiger charge is -2.37. The number of halogens is 1. The second-order valence-corrected chi connectivity index (χ2v) is 8.56. The van der Waals surface area contributed by atoms with E-state index >= 15 is 0 Å². The Kier molecular flexibility index (Phi) is 10.4. The number of carbonyl (C=O) groups is 1. The van der Waals surface area contributed by atoms with Crippen LogP contribution in [0.1, 0.15) is 60.3 Å². The average Bonchev–Trinajstić information content (AvgIpc) is 2.58. The van der Waals surface area contributed by atoms with Crippen molar-refractivity contribution in [2.24, 2.45) is 10.9 Å². The van der Waals surface area contributed by atoms with Crippen molar-refractivity contribution in [1.29, 1.82) is 0 Å². The van der Waals surface area contributed by atoms with Gasteiger partial charge < -0.3 is 19.9 Å². The van der Waals surface area contributed by atoms with Gasteiger partial charge >= 0.3 is 0 Å². The molecule has 6 nitrogen and oxygen atoms in total. The Bertz CT molecular complexity index is 477. The molecule has 0 saturated carbocycles. The number of nitrogens with zero attached hydrogens (tertiary/aromatic N) is 3. The first kappa shape index (κ1) is 24.5. The van der Waals surface area contributed by atoms with Crippen LogP contribution in [0.3, 0.4) is 0 Å². The van der Waals surface area contributed by atoms with Crippen LogP contribution in [0.5, 0.6) is 0 Å². The van der Waals surface area contributed by atoms with E-state index < -0.39 is 0 Å². The molecule has 1 amide bonds. The molecule has 7 heteroatoms. The topological polar surface area (TPSA) is 57.2 Å². The summed E-state index contributed by atoms with van der Waals surface area (Å²) in [5, 5.41) is 3.45. The lowest BCUT2D eigenvalue weighted by atomic mass is 9.97. The summed E-state index contributed by atoms with van der Waals surface area (Å²) in [5.41, 5.74) is -0.0693. The van der Waals surface area contributed by atoms with Gasteiger partial charge in [0.1, 0.15) is 0 Å². The molecule has 0 aliphatic carbocycles. The third kappa shape index (κ3) is 8.54. The molecule has 27 heavy (non-hydrogen) atoms. The number of aliphatic imine (C=N–C) groups is 1. The average molecular weight is 494 g/mol. The molecule has 2 aliphatic heterocycles. The zero-order valence-electron chi connectivity index (χ0n) is 17.8. The van der Waals surface area contributed by atoms with E-state index in [0.29, 0.717) is 12.0 Å². The van der Waals surface area contributed by atoms with Crippen LogP contribution in [-0.2, 0) is 9.53 Å². The first-order chi connectivity index (χ1) is 12.3. The fraction of sp³-hybridized carbons (Fsp3) is 0.900. The van der Waals surface area contributed by atoms with Gasteiger partial charge in [0.05, 0.1) is 11.7 Å². The minimum absolute atomic E-state index is 0. The molecule has 2 rings (SSSR count). The Hall–Kier alpha value is -0.570. The summed E-state index contributed by atoms with van der Waals surface area (Å²) in [6, 6.07) is 0. The Morgan fingerprint density at radius 3 is 2.11 bits per heavy atom. The van der Waals surface area contributed by atoms with Gasteiger partial charge in [0.2, 0.25) is 5.91 Å². The quantitative estimate of drug-likeness (QED) is 0.371. The highest BCUT2D eigenvalue weighted by Crippen LogP contribution is 2.21. The number of hydrogen-bond acceptors (Lipinski definition) is 3. The van der Waals surface area contributed by atoms with Gasteiger partial charge in [0.15, 0.2) is 5.96 Å². The molecule has 0 aromatic heterocycles. The molecule has 0 spiro atoms. The van der Waals surface area contributed by atoms with Crippen molar-refractivity contribution in [3.8, 4) is 0 Å². The molecule has 0 radical (unpaired) electrons. The molecule has 0 atom stereocenters. The van der Waals surface area contributed by atoms with Crippen LogP contribution in [0.25, 0.3) is 0 Å². The molecule has 0 unspecified atom stereocenters. The van der Waals surface area contributed by atoms with Crippen LogP contribution < -0.4 is 5.32 Å². The molecular weight excluding hydrogens is 455 g/mol. The highest BCUT2D eigenvalue weighted by Gasteiger charge is 2.26. The van der Waals surface area contributed by atoms with Crippen molar-refractivity contribution in [2.45, 2.75) is 72.0 Å². The molecule has 2 aliphatic rings. The lowest BCUT2D eigenvalue weighted by Crippen LogP contribution is -2.48. The minimum Gasteiger partial charge on any atom is -0.372 e. The van der Waals surface area contributed by atoms with E-state index in [1.165, 1.54) is 0 Å². The first-order valence-electron chi connectivity index (χ1n) is 10.2. The van der Waals surface area contributed by atoms with Gasteiger partial charge in [-0.3, -0.25) is 9.79 Å². The summed E-state index contributed by atoms with van der Waals surface area (Å²) in [7, 11) is 0. The van der Waals surface area contributed by atoms with Crippen LogP contribution >= 0.6 is 24.0 Å². The van der Waals surface area contributed by atoms with Crippen molar-refractivity contribution in [3.63, 3.8) is 0 Å². The predicted octanol–water partition coefficient (Wildman–Crippen LogP) is 3.11. The number of ether oxygens (including phenoxy) is 1. The Morgan fingerprint density at radius 1 is 1.07 bits per heavy atom. The maximum Gasteiger partial charge on any atom is 0.219 e. The van der Waals surface area contributed by atoms with Crippen molar-refractivity contribution >= 4 is 35.8 Å². The number of rotatable bonds is 4. The van der Waals surface area contributed by atoms with E-state index in [-0.39, 0.29) is 35.5 Å². The molecule has 0 aromatic carbocycles. The minimum atomic E-state index is -0.0693. The number of carbonyl (C=O) groups excluding carboxylic acids is 1. The van der Waals surface area contributed by atoms with Crippen molar-refractivity contribution < 1.29 is 9.53 Å². The third-order valence-electron chi connectivity index (χ3n) is 5.16. The second-order valence-electron chi connectivity index (χ2n) is 8.56.